The number of nitrogens with zero attached hydrogens (tertiary/aromatic N) is 1. The summed E-state index contributed by atoms with van der Waals surface area (Å²) in [7, 11) is 0. The van der Waals surface area contributed by atoms with Crippen LogP contribution in [0.4, 0.5) is 0 Å². The third-order valence-electron chi connectivity index (χ3n) is 4.36. The zero-order valence-electron chi connectivity index (χ0n) is 11.3. The minimum atomic E-state index is -0.802. The summed E-state index contributed by atoms with van der Waals surface area (Å²) in [6, 6.07) is 5.12. The average Bonchev–Trinajstić information content (AvgIpc) is 3.16. The maximum absolute atomic E-state index is 12.6. The lowest BCUT2D eigenvalue weighted by atomic mass is 9.92. The Morgan fingerprint density at radius 1 is 1.29 bits per heavy atom. The van der Waals surface area contributed by atoms with Gasteiger partial charge >= 0.3 is 5.97 Å². The number of amides is 1. The van der Waals surface area contributed by atoms with Gasteiger partial charge in [0.05, 0.1) is 16.5 Å². The molecule has 1 aliphatic heterocycles. The van der Waals surface area contributed by atoms with Crippen LogP contribution >= 0.6 is 27.5 Å². The Kier molecular flexibility index (Phi) is 3.97. The van der Waals surface area contributed by atoms with Gasteiger partial charge in [0.25, 0.3) is 5.91 Å². The predicted molar refractivity (Wildman–Crippen MR) is 82.4 cm³/mol. The summed E-state index contributed by atoms with van der Waals surface area (Å²) in [6.45, 7) is 0.800. The molecule has 1 amide bonds. The van der Waals surface area contributed by atoms with Crippen molar-refractivity contribution in [1.82, 2.24) is 4.90 Å². The molecule has 1 N–H and O–H groups in total. The molecule has 0 aromatic heterocycles. The highest BCUT2D eigenvalue weighted by molar-refractivity contribution is 9.10. The summed E-state index contributed by atoms with van der Waals surface area (Å²) in [5, 5.41) is 9.74. The van der Waals surface area contributed by atoms with E-state index in [1.807, 2.05) is 0 Å². The van der Waals surface area contributed by atoms with E-state index in [9.17, 15) is 14.7 Å². The summed E-state index contributed by atoms with van der Waals surface area (Å²) in [5.41, 5.74) is 0.431. The lowest BCUT2D eigenvalue weighted by Gasteiger charge is -2.17. The molecule has 3 rings (SSSR count). The van der Waals surface area contributed by atoms with Crippen molar-refractivity contribution in [2.24, 2.45) is 17.8 Å². The van der Waals surface area contributed by atoms with Crippen LogP contribution in [0.5, 0.6) is 0 Å². The largest absolute Gasteiger partial charge is 0.481 e. The van der Waals surface area contributed by atoms with Crippen molar-refractivity contribution >= 4 is 39.4 Å². The van der Waals surface area contributed by atoms with Gasteiger partial charge in [-0.05, 0) is 42.9 Å². The molecule has 112 valence electrons. The van der Waals surface area contributed by atoms with Crippen LogP contribution in [0.1, 0.15) is 23.2 Å². The Morgan fingerprint density at radius 3 is 2.57 bits per heavy atom. The smallest absolute Gasteiger partial charge is 0.308 e. The molecule has 0 bridgehead atoms. The molecule has 1 saturated carbocycles. The standard InChI is InChI=1S/C15H15BrClNO3/c16-9-3-4-10(13(17)5-9)14(19)18-6-11(8-1-2-8)12(7-18)15(20)21/h3-5,8,11-12H,1-2,6-7H2,(H,20,21)/t11-,12+/m1/s1. The molecule has 4 nitrogen and oxygen atoms in total. The number of aliphatic carboxylic acids is 1. The fourth-order valence-corrected chi connectivity index (χ4v) is 3.85. The molecule has 1 heterocycles. The molecule has 2 aliphatic rings. The van der Waals surface area contributed by atoms with E-state index in [1.165, 1.54) is 0 Å². The Balaban J connectivity index is 1.80. The number of carbonyl (C=O) groups is 2. The Hall–Kier alpha value is -1.07. The monoisotopic (exact) mass is 371 g/mol. The highest BCUT2D eigenvalue weighted by Gasteiger charge is 2.47. The number of benzene rings is 1. The number of rotatable bonds is 3. The summed E-state index contributed by atoms with van der Waals surface area (Å²) >= 11 is 9.43. The number of carboxylic acids is 1. The molecule has 0 unspecified atom stereocenters. The fourth-order valence-electron chi connectivity index (χ4n) is 3.09. The van der Waals surface area contributed by atoms with Crippen molar-refractivity contribution in [3.8, 4) is 0 Å². The fraction of sp³-hybridized carbons (Fsp3) is 0.467. The second-order valence-electron chi connectivity index (χ2n) is 5.78. The highest BCUT2D eigenvalue weighted by Crippen LogP contribution is 2.44. The van der Waals surface area contributed by atoms with Crippen LogP contribution in [0.2, 0.25) is 5.02 Å². The third kappa shape index (κ3) is 2.94. The summed E-state index contributed by atoms with van der Waals surface area (Å²) < 4.78 is 0.810. The minimum absolute atomic E-state index is 0.0840. The van der Waals surface area contributed by atoms with Crippen LogP contribution in [-0.2, 0) is 4.79 Å². The van der Waals surface area contributed by atoms with E-state index in [0.717, 1.165) is 17.3 Å². The van der Waals surface area contributed by atoms with Gasteiger partial charge in [0, 0.05) is 17.6 Å². The van der Waals surface area contributed by atoms with Crippen molar-refractivity contribution in [3.63, 3.8) is 0 Å². The lowest BCUT2D eigenvalue weighted by Crippen LogP contribution is -2.30. The quantitative estimate of drug-likeness (QED) is 0.886. The molecule has 2 fully saturated rings. The average molecular weight is 373 g/mol. The Labute approximate surface area is 136 Å². The second kappa shape index (κ2) is 5.61. The van der Waals surface area contributed by atoms with E-state index in [2.05, 4.69) is 15.9 Å². The van der Waals surface area contributed by atoms with Gasteiger partial charge in [0.2, 0.25) is 0 Å². The molecule has 0 spiro atoms. The van der Waals surface area contributed by atoms with E-state index in [0.29, 0.717) is 23.0 Å². The molecular formula is C15H15BrClNO3. The van der Waals surface area contributed by atoms with Gasteiger partial charge in [0.15, 0.2) is 0 Å². The number of carbonyl (C=O) groups excluding carboxylic acids is 1. The molecule has 6 heteroatoms. The first kappa shape index (κ1) is 14.9. The first-order valence-electron chi connectivity index (χ1n) is 6.94. The first-order valence-corrected chi connectivity index (χ1v) is 8.11. The van der Waals surface area contributed by atoms with Gasteiger partial charge in [-0.1, -0.05) is 27.5 Å². The number of hydrogen-bond donors (Lipinski definition) is 1. The molecule has 1 aromatic rings. The molecule has 1 aliphatic carbocycles. The van der Waals surface area contributed by atoms with E-state index >= 15 is 0 Å². The highest BCUT2D eigenvalue weighted by atomic mass is 79.9. The minimum Gasteiger partial charge on any atom is -0.481 e. The van der Waals surface area contributed by atoms with Crippen molar-refractivity contribution in [2.45, 2.75) is 12.8 Å². The lowest BCUT2D eigenvalue weighted by molar-refractivity contribution is -0.142. The van der Waals surface area contributed by atoms with Crippen molar-refractivity contribution in [3.05, 3.63) is 33.3 Å². The van der Waals surface area contributed by atoms with Gasteiger partial charge in [-0.2, -0.15) is 0 Å². The molecule has 1 aromatic carbocycles. The zero-order chi connectivity index (χ0) is 15.1. The van der Waals surface area contributed by atoms with Gasteiger partial charge in [-0.15, -0.1) is 0 Å². The van der Waals surface area contributed by atoms with Gasteiger partial charge in [-0.3, -0.25) is 9.59 Å². The van der Waals surface area contributed by atoms with Crippen LogP contribution in [0, 0.1) is 17.8 Å². The van der Waals surface area contributed by atoms with Crippen LogP contribution in [-0.4, -0.2) is 35.0 Å². The van der Waals surface area contributed by atoms with Crippen molar-refractivity contribution < 1.29 is 14.7 Å². The first-order chi connectivity index (χ1) is 9.97. The Morgan fingerprint density at radius 2 is 2.00 bits per heavy atom. The number of likely N-dealkylation sites (tertiary alicyclic amines) is 1. The summed E-state index contributed by atoms with van der Waals surface area (Å²) in [6.07, 6.45) is 2.16. The van der Waals surface area contributed by atoms with Gasteiger partial charge < -0.3 is 10.0 Å². The van der Waals surface area contributed by atoms with Crippen molar-refractivity contribution in [2.75, 3.05) is 13.1 Å². The third-order valence-corrected chi connectivity index (χ3v) is 5.16. The van der Waals surface area contributed by atoms with Crippen LogP contribution in [0.15, 0.2) is 22.7 Å². The van der Waals surface area contributed by atoms with Crippen LogP contribution < -0.4 is 0 Å². The summed E-state index contributed by atoms with van der Waals surface area (Å²) in [4.78, 5) is 25.6. The number of hydrogen-bond acceptors (Lipinski definition) is 2. The number of halogens is 2. The molecule has 1 saturated heterocycles. The Bertz CT molecular complexity index is 603. The van der Waals surface area contributed by atoms with E-state index in [1.54, 1.807) is 23.1 Å². The van der Waals surface area contributed by atoms with E-state index in [4.69, 9.17) is 11.6 Å². The summed E-state index contributed by atoms with van der Waals surface area (Å²) in [5.74, 6) is -0.883. The SMILES string of the molecule is O=C(O)[C@H]1CN(C(=O)c2ccc(Br)cc2Cl)C[C@@H]1C1CC1. The van der Waals surface area contributed by atoms with E-state index in [-0.39, 0.29) is 18.4 Å². The number of carboxylic acid groups (broad SMARTS) is 1. The van der Waals surface area contributed by atoms with Crippen LogP contribution in [0.3, 0.4) is 0 Å². The normalized spacial score (nSPS) is 25.1. The maximum atomic E-state index is 12.6. The van der Waals surface area contributed by atoms with Gasteiger partial charge in [0.1, 0.15) is 0 Å². The maximum Gasteiger partial charge on any atom is 0.308 e. The van der Waals surface area contributed by atoms with Crippen molar-refractivity contribution in [1.29, 1.82) is 0 Å². The zero-order valence-corrected chi connectivity index (χ0v) is 13.6. The molecule has 21 heavy (non-hydrogen) atoms. The second-order valence-corrected chi connectivity index (χ2v) is 7.10. The molecule has 0 radical (unpaired) electrons. The molecule has 2 atom stereocenters. The van der Waals surface area contributed by atoms with E-state index < -0.39 is 11.9 Å². The topological polar surface area (TPSA) is 57.6 Å². The van der Waals surface area contributed by atoms with Gasteiger partial charge in [-0.25, -0.2) is 0 Å². The molecular weight excluding hydrogens is 358 g/mol. The van der Waals surface area contributed by atoms with Crippen LogP contribution in [0.25, 0.3) is 0 Å². The predicted octanol–water partition coefficient (Wildman–Crippen LogP) is 3.29.